The summed E-state index contributed by atoms with van der Waals surface area (Å²) in [5.41, 5.74) is 1.89. The number of carbonyl (C=O) groups is 1. The van der Waals surface area contributed by atoms with Gasteiger partial charge in [0.25, 0.3) is 0 Å². The number of methoxy groups -OCH3 is 1. The molecule has 0 unspecified atom stereocenters. The maximum absolute atomic E-state index is 11.6. The highest BCUT2D eigenvalue weighted by Crippen LogP contribution is 2.28. The van der Waals surface area contributed by atoms with E-state index in [9.17, 15) is 4.79 Å². The zero-order valence-corrected chi connectivity index (χ0v) is 14.1. The molecule has 0 aliphatic heterocycles. The average Bonchev–Trinajstić information content (AvgIpc) is 3.07. The zero-order valence-electron chi connectivity index (χ0n) is 11.7. The molecule has 1 amide bonds. The molecule has 1 N–H and O–H groups in total. The number of carbonyl (C=O) groups excluding carboxylic acids is 1. The Bertz CT molecular complexity index is 814. The van der Waals surface area contributed by atoms with Crippen LogP contribution in [0.25, 0.3) is 16.2 Å². The van der Waals surface area contributed by atoms with Gasteiger partial charge in [0, 0.05) is 22.7 Å². The van der Waals surface area contributed by atoms with Gasteiger partial charge in [0.15, 0.2) is 0 Å². The summed E-state index contributed by atoms with van der Waals surface area (Å²) >= 11 is 4.70. The number of halogens is 1. The van der Waals surface area contributed by atoms with Crippen LogP contribution < -0.4 is 10.1 Å². The lowest BCUT2D eigenvalue weighted by atomic mass is 10.2. The first kappa shape index (κ1) is 15.0. The Balaban J connectivity index is 1.94. The van der Waals surface area contributed by atoms with E-state index in [1.807, 2.05) is 29.6 Å². The van der Waals surface area contributed by atoms with Crippen LogP contribution in [0.5, 0.6) is 5.75 Å². The normalized spacial score (nSPS) is 10.8. The number of aromatic nitrogens is 3. The van der Waals surface area contributed by atoms with Gasteiger partial charge in [-0.05, 0) is 12.1 Å². The first-order valence-corrected chi connectivity index (χ1v) is 8.56. The molecule has 1 aromatic carbocycles. The minimum absolute atomic E-state index is 0.113. The first-order chi connectivity index (χ1) is 10.7. The number of anilines is 1. The number of thiazole rings is 1. The number of alkyl halides is 1. The van der Waals surface area contributed by atoms with Crippen molar-refractivity contribution in [3.8, 4) is 17.0 Å². The van der Waals surface area contributed by atoms with Crippen LogP contribution in [0.4, 0.5) is 5.95 Å². The Kier molecular flexibility index (Phi) is 4.39. The molecule has 0 spiro atoms. The Labute approximate surface area is 139 Å². The molecule has 6 nitrogen and oxygen atoms in total. The second-order valence-corrected chi connectivity index (χ2v) is 6.10. The molecule has 0 saturated heterocycles. The number of hydrogen-bond donors (Lipinski definition) is 1. The van der Waals surface area contributed by atoms with Crippen molar-refractivity contribution >= 4 is 44.1 Å². The third-order valence-electron chi connectivity index (χ3n) is 3.02. The molecule has 0 atom stereocenters. The molecule has 114 valence electrons. The van der Waals surface area contributed by atoms with Gasteiger partial charge in [-0.1, -0.05) is 28.1 Å². The Morgan fingerprint density at radius 3 is 3.14 bits per heavy atom. The van der Waals surface area contributed by atoms with Gasteiger partial charge in [0.2, 0.25) is 16.8 Å². The quantitative estimate of drug-likeness (QED) is 0.690. The molecular formula is C14H13BrN4O2S. The fraction of sp³-hybridized carbons (Fsp3) is 0.214. The lowest BCUT2D eigenvalue weighted by molar-refractivity contribution is -0.115. The molecule has 0 aliphatic rings. The average molecular weight is 381 g/mol. The number of amides is 1. The van der Waals surface area contributed by atoms with Crippen molar-refractivity contribution < 1.29 is 9.53 Å². The molecule has 0 bridgehead atoms. The number of ether oxygens (including phenoxy) is 1. The number of benzene rings is 1. The molecule has 3 aromatic rings. The summed E-state index contributed by atoms with van der Waals surface area (Å²) < 4.78 is 6.97. The number of hydrogen-bond acceptors (Lipinski definition) is 5. The van der Waals surface area contributed by atoms with Gasteiger partial charge in [0.1, 0.15) is 5.75 Å². The van der Waals surface area contributed by atoms with E-state index < -0.39 is 0 Å². The van der Waals surface area contributed by atoms with E-state index in [1.165, 1.54) is 11.3 Å². The SMILES string of the molecule is COc1cccc(-c2csc3nc(NC(=O)CCBr)nn23)c1. The summed E-state index contributed by atoms with van der Waals surface area (Å²) in [7, 11) is 1.63. The van der Waals surface area contributed by atoms with Gasteiger partial charge in [-0.15, -0.1) is 16.4 Å². The van der Waals surface area contributed by atoms with Gasteiger partial charge in [-0.2, -0.15) is 4.98 Å². The molecule has 0 saturated carbocycles. The van der Waals surface area contributed by atoms with Crippen LogP contribution in [-0.4, -0.2) is 32.9 Å². The third kappa shape index (κ3) is 2.97. The maximum atomic E-state index is 11.6. The van der Waals surface area contributed by atoms with Crippen LogP contribution in [0.2, 0.25) is 0 Å². The summed E-state index contributed by atoms with van der Waals surface area (Å²) in [6.45, 7) is 0. The number of nitrogens with one attached hydrogen (secondary N) is 1. The van der Waals surface area contributed by atoms with Crippen molar-refractivity contribution in [2.75, 3.05) is 17.8 Å². The molecule has 8 heteroatoms. The molecule has 3 rings (SSSR count). The van der Waals surface area contributed by atoms with Gasteiger partial charge in [-0.3, -0.25) is 10.1 Å². The summed E-state index contributed by atoms with van der Waals surface area (Å²) in [6, 6.07) is 7.73. The van der Waals surface area contributed by atoms with Crippen LogP contribution in [0, 0.1) is 0 Å². The maximum Gasteiger partial charge on any atom is 0.250 e. The largest absolute Gasteiger partial charge is 0.497 e. The minimum Gasteiger partial charge on any atom is -0.497 e. The van der Waals surface area contributed by atoms with E-state index in [-0.39, 0.29) is 5.91 Å². The van der Waals surface area contributed by atoms with Crippen molar-refractivity contribution in [2.45, 2.75) is 6.42 Å². The second kappa shape index (κ2) is 6.45. The first-order valence-electron chi connectivity index (χ1n) is 6.56. The summed E-state index contributed by atoms with van der Waals surface area (Å²) in [6.07, 6.45) is 0.385. The fourth-order valence-corrected chi connectivity index (χ4v) is 3.18. The molecule has 0 radical (unpaired) electrons. The zero-order chi connectivity index (χ0) is 15.5. The van der Waals surface area contributed by atoms with Gasteiger partial charge >= 0.3 is 0 Å². The number of nitrogens with zero attached hydrogens (tertiary/aromatic N) is 3. The van der Waals surface area contributed by atoms with Crippen molar-refractivity contribution in [2.24, 2.45) is 0 Å². The van der Waals surface area contributed by atoms with Crippen LogP contribution in [0.3, 0.4) is 0 Å². The third-order valence-corrected chi connectivity index (χ3v) is 4.23. The standard InChI is InChI=1S/C14H13BrN4O2S/c1-21-10-4-2-3-9(7-10)11-8-22-14-17-13(18-19(11)14)16-12(20)5-6-15/h2-4,7-8H,5-6H2,1H3,(H,16,18,20). The van der Waals surface area contributed by atoms with E-state index >= 15 is 0 Å². The number of fused-ring (bicyclic) bond motifs is 1. The summed E-state index contributed by atoms with van der Waals surface area (Å²) in [5.74, 6) is 0.989. The monoisotopic (exact) mass is 380 g/mol. The van der Waals surface area contributed by atoms with E-state index in [0.717, 1.165) is 22.0 Å². The van der Waals surface area contributed by atoms with Crippen molar-refractivity contribution in [1.29, 1.82) is 0 Å². The Morgan fingerprint density at radius 2 is 2.36 bits per heavy atom. The highest BCUT2D eigenvalue weighted by molar-refractivity contribution is 9.09. The Morgan fingerprint density at radius 1 is 1.50 bits per heavy atom. The molecule has 22 heavy (non-hydrogen) atoms. The lowest BCUT2D eigenvalue weighted by Crippen LogP contribution is -2.12. The molecule has 2 heterocycles. The van der Waals surface area contributed by atoms with Crippen LogP contribution in [0.1, 0.15) is 6.42 Å². The molecule has 0 fully saturated rings. The van der Waals surface area contributed by atoms with Crippen molar-refractivity contribution in [3.63, 3.8) is 0 Å². The van der Waals surface area contributed by atoms with Gasteiger partial charge < -0.3 is 4.74 Å². The van der Waals surface area contributed by atoms with Crippen molar-refractivity contribution in [1.82, 2.24) is 14.6 Å². The number of rotatable bonds is 5. The topological polar surface area (TPSA) is 68.5 Å². The summed E-state index contributed by atoms with van der Waals surface area (Å²) in [5, 5.41) is 9.63. The van der Waals surface area contributed by atoms with Crippen molar-refractivity contribution in [3.05, 3.63) is 29.6 Å². The predicted octanol–water partition coefficient (Wildman–Crippen LogP) is 3.19. The highest BCUT2D eigenvalue weighted by Gasteiger charge is 2.13. The lowest BCUT2D eigenvalue weighted by Gasteiger charge is -2.02. The predicted molar refractivity (Wildman–Crippen MR) is 89.9 cm³/mol. The molecular weight excluding hydrogens is 368 g/mol. The van der Waals surface area contributed by atoms with E-state index in [4.69, 9.17) is 4.74 Å². The fourth-order valence-electron chi connectivity index (χ4n) is 1.99. The molecule has 0 aliphatic carbocycles. The smallest absolute Gasteiger partial charge is 0.250 e. The van der Waals surface area contributed by atoms with Crippen LogP contribution in [-0.2, 0) is 4.79 Å². The highest BCUT2D eigenvalue weighted by atomic mass is 79.9. The molecule has 2 aromatic heterocycles. The second-order valence-electron chi connectivity index (χ2n) is 4.47. The van der Waals surface area contributed by atoms with E-state index in [0.29, 0.717) is 17.7 Å². The van der Waals surface area contributed by atoms with Crippen LogP contribution in [0.15, 0.2) is 29.6 Å². The minimum atomic E-state index is -0.113. The Hall–Kier alpha value is -1.93. The van der Waals surface area contributed by atoms with Crippen LogP contribution >= 0.6 is 27.3 Å². The summed E-state index contributed by atoms with van der Waals surface area (Å²) in [4.78, 5) is 16.7. The van der Waals surface area contributed by atoms with E-state index in [1.54, 1.807) is 11.6 Å². The van der Waals surface area contributed by atoms with Gasteiger partial charge in [0.05, 0.1) is 12.8 Å². The van der Waals surface area contributed by atoms with E-state index in [2.05, 4.69) is 31.3 Å². The van der Waals surface area contributed by atoms with Gasteiger partial charge in [-0.25, -0.2) is 4.52 Å².